The average Bonchev–Trinajstić information content (AvgIpc) is 3.12. The number of aromatic nitrogens is 2. The number of piperidine rings is 1. The third kappa shape index (κ3) is 3.73. The van der Waals surface area contributed by atoms with Crippen molar-refractivity contribution in [2.45, 2.75) is 12.8 Å². The standard InChI is InChI=1S/C20H19BrN4O2/c21-14-4-3-5-15(12-14)22-19(26)13-8-10-25(11-9-13)20(27)18-16-6-1-2-7-17(16)23-24-18/h1-7,12-13H,8-11H2,(H,22,26)(H,23,24). The van der Waals surface area contributed by atoms with Crippen LogP contribution in [-0.2, 0) is 4.79 Å². The van der Waals surface area contributed by atoms with Gasteiger partial charge in [0.15, 0.2) is 5.69 Å². The number of carbonyl (C=O) groups is 2. The van der Waals surface area contributed by atoms with Crippen molar-refractivity contribution in [3.8, 4) is 0 Å². The van der Waals surface area contributed by atoms with Gasteiger partial charge in [-0.15, -0.1) is 0 Å². The summed E-state index contributed by atoms with van der Waals surface area (Å²) >= 11 is 3.40. The molecule has 4 rings (SSSR count). The third-order valence-corrected chi connectivity index (χ3v) is 5.41. The van der Waals surface area contributed by atoms with Crippen LogP contribution in [0.15, 0.2) is 53.0 Å². The highest BCUT2D eigenvalue weighted by Crippen LogP contribution is 2.24. The molecule has 7 heteroatoms. The van der Waals surface area contributed by atoms with Crippen molar-refractivity contribution in [3.05, 3.63) is 58.7 Å². The van der Waals surface area contributed by atoms with Crippen LogP contribution >= 0.6 is 15.9 Å². The number of rotatable bonds is 3. The molecule has 2 heterocycles. The van der Waals surface area contributed by atoms with Crippen molar-refractivity contribution in [2.24, 2.45) is 5.92 Å². The van der Waals surface area contributed by atoms with Crippen molar-refractivity contribution >= 4 is 44.3 Å². The minimum atomic E-state index is -0.0936. The molecular formula is C20H19BrN4O2. The fourth-order valence-electron chi connectivity index (χ4n) is 3.43. The molecule has 2 N–H and O–H groups in total. The number of hydrogen-bond donors (Lipinski definition) is 2. The van der Waals surface area contributed by atoms with E-state index in [2.05, 4.69) is 31.4 Å². The van der Waals surface area contributed by atoms with Crippen LogP contribution in [0.1, 0.15) is 23.3 Å². The van der Waals surface area contributed by atoms with E-state index in [9.17, 15) is 9.59 Å². The average molecular weight is 427 g/mol. The van der Waals surface area contributed by atoms with E-state index in [0.29, 0.717) is 31.6 Å². The quantitative estimate of drug-likeness (QED) is 0.667. The smallest absolute Gasteiger partial charge is 0.274 e. The molecule has 0 spiro atoms. The zero-order valence-corrected chi connectivity index (χ0v) is 16.2. The number of aromatic amines is 1. The molecule has 1 saturated heterocycles. The third-order valence-electron chi connectivity index (χ3n) is 4.92. The Bertz CT molecular complexity index is 992. The Labute approximate surface area is 165 Å². The Balaban J connectivity index is 1.38. The number of halogens is 1. The highest BCUT2D eigenvalue weighted by molar-refractivity contribution is 9.10. The molecule has 1 aliphatic heterocycles. The van der Waals surface area contributed by atoms with Gasteiger partial charge in [0.05, 0.1) is 5.52 Å². The first-order valence-corrected chi connectivity index (χ1v) is 9.70. The summed E-state index contributed by atoms with van der Waals surface area (Å²) in [6.45, 7) is 1.10. The lowest BCUT2D eigenvalue weighted by molar-refractivity contribution is -0.121. The van der Waals surface area contributed by atoms with E-state index in [1.165, 1.54) is 0 Å². The molecule has 0 unspecified atom stereocenters. The molecule has 0 atom stereocenters. The topological polar surface area (TPSA) is 78.1 Å². The van der Waals surface area contributed by atoms with Gasteiger partial charge in [0.25, 0.3) is 5.91 Å². The van der Waals surface area contributed by atoms with Crippen molar-refractivity contribution in [3.63, 3.8) is 0 Å². The molecule has 6 nitrogen and oxygen atoms in total. The predicted molar refractivity (Wildman–Crippen MR) is 107 cm³/mol. The summed E-state index contributed by atoms with van der Waals surface area (Å²) in [6, 6.07) is 15.1. The Hall–Kier alpha value is -2.67. The van der Waals surface area contributed by atoms with Gasteiger partial charge in [-0.1, -0.05) is 40.2 Å². The molecule has 0 radical (unpaired) electrons. The number of para-hydroxylation sites is 1. The maximum atomic E-state index is 12.8. The summed E-state index contributed by atoms with van der Waals surface area (Å²) in [6.07, 6.45) is 1.29. The number of hydrogen-bond acceptors (Lipinski definition) is 3. The number of anilines is 1. The Kier molecular flexibility index (Phi) is 4.94. The van der Waals surface area contributed by atoms with Crippen molar-refractivity contribution in [1.29, 1.82) is 0 Å². The second-order valence-corrected chi connectivity index (χ2v) is 7.60. The second kappa shape index (κ2) is 7.52. The number of fused-ring (bicyclic) bond motifs is 1. The number of carbonyl (C=O) groups excluding carboxylic acids is 2. The number of nitrogens with zero attached hydrogens (tertiary/aromatic N) is 2. The van der Waals surface area contributed by atoms with Crippen LogP contribution in [0, 0.1) is 5.92 Å². The molecular weight excluding hydrogens is 408 g/mol. The monoisotopic (exact) mass is 426 g/mol. The molecule has 138 valence electrons. The van der Waals surface area contributed by atoms with E-state index in [1.54, 1.807) is 4.90 Å². The Morgan fingerprint density at radius 3 is 2.67 bits per heavy atom. The molecule has 0 bridgehead atoms. The summed E-state index contributed by atoms with van der Waals surface area (Å²) in [5.41, 5.74) is 2.07. The Morgan fingerprint density at radius 2 is 1.89 bits per heavy atom. The lowest BCUT2D eigenvalue weighted by Crippen LogP contribution is -2.41. The van der Waals surface area contributed by atoms with Crippen LogP contribution in [-0.4, -0.2) is 40.0 Å². The van der Waals surface area contributed by atoms with Crippen LogP contribution in [0.5, 0.6) is 0 Å². The van der Waals surface area contributed by atoms with Gasteiger partial charge in [0, 0.05) is 34.6 Å². The van der Waals surface area contributed by atoms with Gasteiger partial charge in [0.2, 0.25) is 5.91 Å². The predicted octanol–water partition coefficient (Wildman–Crippen LogP) is 3.82. The lowest BCUT2D eigenvalue weighted by Gasteiger charge is -2.31. The van der Waals surface area contributed by atoms with Crippen molar-refractivity contribution in [2.75, 3.05) is 18.4 Å². The molecule has 1 aromatic heterocycles. The molecule has 2 aromatic carbocycles. The number of amides is 2. The van der Waals surface area contributed by atoms with Gasteiger partial charge in [-0.05, 0) is 37.1 Å². The van der Waals surface area contributed by atoms with Gasteiger partial charge >= 0.3 is 0 Å². The fourth-order valence-corrected chi connectivity index (χ4v) is 3.83. The minimum Gasteiger partial charge on any atom is -0.337 e. The molecule has 0 aliphatic carbocycles. The number of H-pyrrole nitrogens is 1. The molecule has 1 fully saturated rings. The van der Waals surface area contributed by atoms with Gasteiger partial charge in [0.1, 0.15) is 0 Å². The summed E-state index contributed by atoms with van der Waals surface area (Å²) < 4.78 is 0.923. The van der Waals surface area contributed by atoms with E-state index >= 15 is 0 Å². The SMILES string of the molecule is O=C(Nc1cccc(Br)c1)C1CCN(C(=O)c2n[nH]c3ccccc23)CC1. The molecule has 3 aromatic rings. The molecule has 2 amide bonds. The minimum absolute atomic E-state index is 0.00502. The maximum absolute atomic E-state index is 12.8. The summed E-state index contributed by atoms with van der Waals surface area (Å²) in [7, 11) is 0. The van der Waals surface area contributed by atoms with E-state index in [0.717, 1.165) is 21.1 Å². The number of nitrogens with one attached hydrogen (secondary N) is 2. The van der Waals surface area contributed by atoms with Crippen molar-refractivity contribution in [1.82, 2.24) is 15.1 Å². The summed E-state index contributed by atoms with van der Waals surface area (Å²) in [5, 5.41) is 10.9. The lowest BCUT2D eigenvalue weighted by atomic mass is 9.95. The zero-order valence-electron chi connectivity index (χ0n) is 14.6. The van der Waals surface area contributed by atoms with E-state index < -0.39 is 0 Å². The fraction of sp³-hybridized carbons (Fsp3) is 0.250. The van der Waals surface area contributed by atoms with E-state index in [1.807, 2.05) is 48.5 Å². The molecule has 1 aliphatic rings. The molecule has 0 saturated carbocycles. The van der Waals surface area contributed by atoms with E-state index in [4.69, 9.17) is 0 Å². The second-order valence-electron chi connectivity index (χ2n) is 6.68. The van der Waals surface area contributed by atoms with Crippen LogP contribution in [0.3, 0.4) is 0 Å². The van der Waals surface area contributed by atoms with Crippen LogP contribution in [0.25, 0.3) is 10.9 Å². The largest absolute Gasteiger partial charge is 0.337 e. The normalized spacial score (nSPS) is 15.1. The van der Waals surface area contributed by atoms with Gasteiger partial charge < -0.3 is 10.2 Å². The first-order valence-electron chi connectivity index (χ1n) is 8.90. The van der Waals surface area contributed by atoms with Gasteiger partial charge in [-0.25, -0.2) is 0 Å². The van der Waals surface area contributed by atoms with E-state index in [-0.39, 0.29) is 17.7 Å². The van der Waals surface area contributed by atoms with Gasteiger partial charge in [-0.2, -0.15) is 5.10 Å². The summed E-state index contributed by atoms with van der Waals surface area (Å²) in [4.78, 5) is 27.1. The maximum Gasteiger partial charge on any atom is 0.274 e. The number of benzene rings is 2. The number of likely N-dealkylation sites (tertiary alicyclic amines) is 1. The summed E-state index contributed by atoms with van der Waals surface area (Å²) in [5.74, 6) is -0.173. The Morgan fingerprint density at radius 1 is 1.11 bits per heavy atom. The van der Waals surface area contributed by atoms with Crippen molar-refractivity contribution < 1.29 is 9.59 Å². The first-order chi connectivity index (χ1) is 13.1. The highest BCUT2D eigenvalue weighted by Gasteiger charge is 2.29. The van der Waals surface area contributed by atoms with Crippen LogP contribution in [0.2, 0.25) is 0 Å². The zero-order chi connectivity index (χ0) is 18.8. The van der Waals surface area contributed by atoms with Crippen LogP contribution in [0.4, 0.5) is 5.69 Å². The van der Waals surface area contributed by atoms with Gasteiger partial charge in [-0.3, -0.25) is 14.7 Å². The first kappa shape index (κ1) is 17.7. The van der Waals surface area contributed by atoms with Crippen LogP contribution < -0.4 is 5.32 Å². The molecule has 27 heavy (non-hydrogen) atoms. The highest BCUT2D eigenvalue weighted by atomic mass is 79.9.